The number of aromatic nitrogens is 3. The lowest BCUT2D eigenvalue weighted by atomic mass is 10.2. The molecule has 21 heavy (non-hydrogen) atoms. The van der Waals surface area contributed by atoms with Crippen LogP contribution in [0.3, 0.4) is 0 Å². The SMILES string of the molecule is CC(C)(C)[Si](C)(C)OC[C@H](NC(=O)c1c[nH]nn1)C(=O)O. The maximum absolute atomic E-state index is 11.8. The van der Waals surface area contributed by atoms with Gasteiger partial charge in [-0.15, -0.1) is 5.10 Å². The van der Waals surface area contributed by atoms with E-state index in [-0.39, 0.29) is 17.3 Å². The molecule has 0 aromatic carbocycles. The van der Waals surface area contributed by atoms with E-state index in [4.69, 9.17) is 4.43 Å². The predicted octanol–water partition coefficient (Wildman–Crippen LogP) is 1.01. The number of carbonyl (C=O) groups excluding carboxylic acids is 1. The second-order valence-corrected chi connectivity index (χ2v) is 11.1. The first-order valence-electron chi connectivity index (χ1n) is 6.58. The summed E-state index contributed by atoms with van der Waals surface area (Å²) in [7, 11) is -2.08. The smallest absolute Gasteiger partial charge is 0.328 e. The highest BCUT2D eigenvalue weighted by atomic mass is 28.4. The van der Waals surface area contributed by atoms with Crippen molar-refractivity contribution in [1.82, 2.24) is 20.7 Å². The van der Waals surface area contributed by atoms with Gasteiger partial charge in [0, 0.05) is 0 Å². The van der Waals surface area contributed by atoms with E-state index in [2.05, 4.69) is 41.5 Å². The van der Waals surface area contributed by atoms with Gasteiger partial charge in [-0.25, -0.2) is 4.79 Å². The van der Waals surface area contributed by atoms with Crippen LogP contribution in [0.25, 0.3) is 0 Å². The van der Waals surface area contributed by atoms with Gasteiger partial charge in [-0.05, 0) is 18.1 Å². The van der Waals surface area contributed by atoms with Crippen molar-refractivity contribution in [2.75, 3.05) is 6.61 Å². The number of aromatic amines is 1. The molecule has 0 radical (unpaired) electrons. The van der Waals surface area contributed by atoms with E-state index in [1.807, 2.05) is 13.1 Å². The maximum atomic E-state index is 11.8. The zero-order chi connectivity index (χ0) is 16.3. The molecular formula is C12H22N4O4Si. The summed E-state index contributed by atoms with van der Waals surface area (Å²) in [5.41, 5.74) is 0.0357. The van der Waals surface area contributed by atoms with Gasteiger partial charge in [-0.1, -0.05) is 26.0 Å². The van der Waals surface area contributed by atoms with Crippen LogP contribution in [0.4, 0.5) is 0 Å². The molecule has 3 N–H and O–H groups in total. The second-order valence-electron chi connectivity index (χ2n) is 6.29. The Hall–Kier alpha value is -1.74. The van der Waals surface area contributed by atoms with Crippen LogP contribution in [0.2, 0.25) is 18.1 Å². The van der Waals surface area contributed by atoms with Crippen LogP contribution >= 0.6 is 0 Å². The number of hydrogen-bond donors (Lipinski definition) is 3. The maximum Gasteiger partial charge on any atom is 0.328 e. The number of nitrogens with zero attached hydrogens (tertiary/aromatic N) is 2. The molecule has 0 aliphatic heterocycles. The van der Waals surface area contributed by atoms with Gasteiger partial charge in [0.1, 0.15) is 6.04 Å². The molecule has 0 saturated carbocycles. The van der Waals surface area contributed by atoms with Crippen LogP contribution in [-0.4, -0.2) is 53.4 Å². The van der Waals surface area contributed by atoms with Crippen LogP contribution in [0.5, 0.6) is 0 Å². The molecule has 1 aromatic heterocycles. The van der Waals surface area contributed by atoms with Crippen LogP contribution in [-0.2, 0) is 9.22 Å². The summed E-state index contributed by atoms with van der Waals surface area (Å²) in [6.07, 6.45) is 1.29. The normalized spacial score (nSPS) is 13.8. The molecule has 1 rings (SSSR count). The van der Waals surface area contributed by atoms with Crippen molar-refractivity contribution in [3.8, 4) is 0 Å². The first-order valence-corrected chi connectivity index (χ1v) is 9.49. The highest BCUT2D eigenvalue weighted by molar-refractivity contribution is 6.74. The van der Waals surface area contributed by atoms with Crippen LogP contribution < -0.4 is 5.32 Å². The van der Waals surface area contributed by atoms with Crippen molar-refractivity contribution in [1.29, 1.82) is 0 Å². The van der Waals surface area contributed by atoms with Gasteiger partial charge >= 0.3 is 5.97 Å². The summed E-state index contributed by atoms with van der Waals surface area (Å²) in [6, 6.07) is -1.12. The molecule has 0 aliphatic carbocycles. The molecule has 1 atom stereocenters. The number of amides is 1. The Morgan fingerprint density at radius 3 is 2.52 bits per heavy atom. The van der Waals surface area contributed by atoms with Crippen LogP contribution in [0.15, 0.2) is 6.20 Å². The number of H-pyrrole nitrogens is 1. The number of rotatable bonds is 6. The second kappa shape index (κ2) is 6.35. The first-order chi connectivity index (χ1) is 9.54. The fourth-order valence-corrected chi connectivity index (χ4v) is 2.24. The van der Waals surface area contributed by atoms with Crippen LogP contribution in [0, 0.1) is 0 Å². The summed E-state index contributed by atoms with van der Waals surface area (Å²) in [5, 5.41) is 20.9. The Labute approximate surface area is 124 Å². The lowest BCUT2D eigenvalue weighted by Crippen LogP contribution is -2.49. The highest BCUT2D eigenvalue weighted by Gasteiger charge is 2.38. The minimum Gasteiger partial charge on any atom is -0.480 e. The molecule has 118 valence electrons. The van der Waals surface area contributed by atoms with Gasteiger partial charge in [-0.2, -0.15) is 0 Å². The topological polar surface area (TPSA) is 117 Å². The minimum atomic E-state index is -2.08. The number of carbonyl (C=O) groups is 2. The molecule has 1 heterocycles. The van der Waals surface area contributed by atoms with Gasteiger partial charge in [0.25, 0.3) is 5.91 Å². The zero-order valence-corrected chi connectivity index (χ0v) is 13.9. The fraction of sp³-hybridized carbons (Fsp3) is 0.667. The Morgan fingerprint density at radius 2 is 2.10 bits per heavy atom. The largest absolute Gasteiger partial charge is 0.480 e. The molecule has 0 aliphatic rings. The van der Waals surface area contributed by atoms with E-state index < -0.39 is 26.2 Å². The van der Waals surface area contributed by atoms with Gasteiger partial charge < -0.3 is 14.8 Å². The van der Waals surface area contributed by atoms with Crippen molar-refractivity contribution in [2.45, 2.75) is 44.9 Å². The van der Waals surface area contributed by atoms with Gasteiger partial charge in [0.15, 0.2) is 14.0 Å². The van der Waals surface area contributed by atoms with Crippen molar-refractivity contribution >= 4 is 20.2 Å². The number of hydrogen-bond acceptors (Lipinski definition) is 5. The number of nitrogens with one attached hydrogen (secondary N) is 2. The quantitative estimate of drug-likeness (QED) is 0.675. The molecule has 8 nitrogen and oxygen atoms in total. The molecule has 0 saturated heterocycles. The zero-order valence-electron chi connectivity index (χ0n) is 12.9. The molecular weight excluding hydrogens is 292 g/mol. The van der Waals surface area contributed by atoms with E-state index in [1.165, 1.54) is 6.20 Å². The monoisotopic (exact) mass is 314 g/mol. The average molecular weight is 314 g/mol. The van der Waals surface area contributed by atoms with Crippen molar-refractivity contribution in [3.63, 3.8) is 0 Å². The average Bonchev–Trinajstić information content (AvgIpc) is 2.86. The van der Waals surface area contributed by atoms with Gasteiger partial charge in [0.2, 0.25) is 0 Å². The van der Waals surface area contributed by atoms with Gasteiger partial charge in [-0.3, -0.25) is 9.89 Å². The van der Waals surface area contributed by atoms with E-state index >= 15 is 0 Å². The Bertz CT molecular complexity index is 496. The summed E-state index contributed by atoms with van der Waals surface area (Å²) >= 11 is 0. The van der Waals surface area contributed by atoms with Crippen molar-refractivity contribution in [3.05, 3.63) is 11.9 Å². The molecule has 1 aromatic rings. The van der Waals surface area contributed by atoms with E-state index in [9.17, 15) is 14.7 Å². The van der Waals surface area contributed by atoms with E-state index in [0.29, 0.717) is 0 Å². The first kappa shape index (κ1) is 17.3. The van der Waals surface area contributed by atoms with E-state index in [0.717, 1.165) is 0 Å². The van der Waals surface area contributed by atoms with Crippen molar-refractivity contribution < 1.29 is 19.1 Å². The number of carboxylic acids is 1. The minimum absolute atomic E-state index is 0.0355. The third-order valence-corrected chi connectivity index (χ3v) is 8.17. The fourth-order valence-electron chi connectivity index (χ4n) is 1.23. The summed E-state index contributed by atoms with van der Waals surface area (Å²) in [4.78, 5) is 23.0. The summed E-state index contributed by atoms with van der Waals surface area (Å²) in [6.45, 7) is 10.1. The Balaban J connectivity index is 2.67. The van der Waals surface area contributed by atoms with E-state index in [1.54, 1.807) is 0 Å². The number of carboxylic acid groups (broad SMARTS) is 1. The van der Waals surface area contributed by atoms with Gasteiger partial charge in [0.05, 0.1) is 12.8 Å². The molecule has 0 fully saturated rings. The summed E-state index contributed by atoms with van der Waals surface area (Å²) in [5.74, 6) is -1.75. The summed E-state index contributed by atoms with van der Waals surface area (Å²) < 4.78 is 5.84. The molecule has 0 unspecified atom stereocenters. The standard InChI is InChI=1S/C12H22N4O4Si/c1-12(2,3)21(4,5)20-7-9(11(18)19)14-10(17)8-6-13-16-15-8/h6,9H,7H2,1-5H3,(H,14,17)(H,18,19)(H,13,15,16)/t9-/m0/s1. The Morgan fingerprint density at radius 1 is 1.48 bits per heavy atom. The third-order valence-electron chi connectivity index (χ3n) is 3.67. The highest BCUT2D eigenvalue weighted by Crippen LogP contribution is 2.36. The predicted molar refractivity (Wildman–Crippen MR) is 78.4 cm³/mol. The molecule has 1 amide bonds. The molecule has 9 heteroatoms. The molecule has 0 spiro atoms. The molecule has 0 bridgehead atoms. The lowest BCUT2D eigenvalue weighted by Gasteiger charge is -2.36. The Kier molecular flexibility index (Phi) is 5.24. The van der Waals surface area contributed by atoms with Crippen LogP contribution in [0.1, 0.15) is 31.3 Å². The third kappa shape index (κ3) is 4.64. The number of aliphatic carboxylic acids is 1. The lowest BCUT2D eigenvalue weighted by molar-refractivity contribution is -0.140. The van der Waals surface area contributed by atoms with Crippen molar-refractivity contribution in [2.24, 2.45) is 0 Å².